The van der Waals surface area contributed by atoms with Crippen molar-refractivity contribution in [3.05, 3.63) is 0 Å². The summed E-state index contributed by atoms with van der Waals surface area (Å²) in [6.45, 7) is 9.23. The van der Waals surface area contributed by atoms with E-state index in [0.29, 0.717) is 12.1 Å². The average Bonchev–Trinajstić information content (AvgIpc) is 2.17. The lowest BCUT2D eigenvalue weighted by Gasteiger charge is -2.36. The first-order valence-electron chi connectivity index (χ1n) is 6.11. The predicted octanol–water partition coefficient (Wildman–Crippen LogP) is 1.13. The van der Waals surface area contributed by atoms with Crippen LogP contribution in [0.1, 0.15) is 40.0 Å². The summed E-state index contributed by atoms with van der Waals surface area (Å²) in [5.41, 5.74) is 0.230. The van der Waals surface area contributed by atoms with Crippen LogP contribution in [0.3, 0.4) is 0 Å². The molecule has 3 N–H and O–H groups in total. The van der Waals surface area contributed by atoms with E-state index in [1.165, 1.54) is 12.8 Å². The van der Waals surface area contributed by atoms with Crippen molar-refractivity contribution in [2.45, 2.75) is 52.1 Å². The van der Waals surface area contributed by atoms with Crippen LogP contribution in [0.15, 0.2) is 0 Å². The number of aliphatic hydroxyl groups is 1. The summed E-state index contributed by atoms with van der Waals surface area (Å²) in [7, 11) is 0. The molecule has 1 unspecified atom stereocenters. The van der Waals surface area contributed by atoms with Gasteiger partial charge in [0.1, 0.15) is 0 Å². The van der Waals surface area contributed by atoms with Crippen molar-refractivity contribution >= 4 is 0 Å². The Bertz CT molecular complexity index is 171. The summed E-state index contributed by atoms with van der Waals surface area (Å²) >= 11 is 0. The van der Waals surface area contributed by atoms with Crippen LogP contribution in [0.4, 0.5) is 0 Å². The van der Waals surface area contributed by atoms with Gasteiger partial charge in [0.25, 0.3) is 0 Å². The van der Waals surface area contributed by atoms with Crippen molar-refractivity contribution in [1.82, 2.24) is 10.6 Å². The van der Waals surface area contributed by atoms with Gasteiger partial charge in [-0.25, -0.2) is 0 Å². The number of piperidine rings is 1. The fourth-order valence-electron chi connectivity index (χ4n) is 2.17. The lowest BCUT2D eigenvalue weighted by atomic mass is 9.84. The minimum absolute atomic E-state index is 0.230. The normalized spacial score (nSPS) is 21.6. The van der Waals surface area contributed by atoms with Crippen molar-refractivity contribution in [1.29, 1.82) is 0 Å². The van der Waals surface area contributed by atoms with Crippen LogP contribution in [-0.2, 0) is 0 Å². The average molecular weight is 214 g/mol. The van der Waals surface area contributed by atoms with Gasteiger partial charge >= 0.3 is 0 Å². The van der Waals surface area contributed by atoms with E-state index in [1.54, 1.807) is 0 Å². The van der Waals surface area contributed by atoms with Crippen LogP contribution in [0.25, 0.3) is 0 Å². The molecular formula is C12H26N2O. The topological polar surface area (TPSA) is 44.3 Å². The van der Waals surface area contributed by atoms with E-state index in [4.69, 9.17) is 5.11 Å². The van der Waals surface area contributed by atoms with Crippen molar-refractivity contribution in [2.75, 3.05) is 19.7 Å². The summed E-state index contributed by atoms with van der Waals surface area (Å²) in [6, 6.07) is 1.05. The largest absolute Gasteiger partial charge is 0.396 e. The molecule has 1 fully saturated rings. The van der Waals surface area contributed by atoms with E-state index < -0.39 is 0 Å². The Labute approximate surface area is 93.6 Å². The molecule has 0 saturated carbocycles. The first kappa shape index (κ1) is 12.9. The maximum atomic E-state index is 9.08. The van der Waals surface area contributed by atoms with Crippen molar-refractivity contribution in [3.63, 3.8) is 0 Å². The quantitative estimate of drug-likeness (QED) is 0.657. The molecule has 3 heteroatoms. The zero-order valence-corrected chi connectivity index (χ0v) is 10.3. The van der Waals surface area contributed by atoms with Crippen LogP contribution in [0, 0.1) is 5.41 Å². The van der Waals surface area contributed by atoms with Gasteiger partial charge in [0, 0.05) is 18.7 Å². The zero-order chi connectivity index (χ0) is 11.3. The van der Waals surface area contributed by atoms with E-state index in [1.807, 2.05) is 0 Å². The van der Waals surface area contributed by atoms with Gasteiger partial charge in [0.2, 0.25) is 0 Å². The third-order valence-electron chi connectivity index (χ3n) is 3.24. The molecule has 1 atom stereocenters. The Morgan fingerprint density at radius 2 is 1.93 bits per heavy atom. The van der Waals surface area contributed by atoms with Gasteiger partial charge < -0.3 is 15.7 Å². The van der Waals surface area contributed by atoms with Crippen LogP contribution in [0.5, 0.6) is 0 Å². The molecule has 0 aliphatic carbocycles. The maximum absolute atomic E-state index is 9.08. The molecule has 3 nitrogen and oxygen atoms in total. The molecule has 90 valence electrons. The highest BCUT2D eigenvalue weighted by atomic mass is 16.3. The summed E-state index contributed by atoms with van der Waals surface area (Å²) in [5, 5.41) is 16.1. The molecule has 0 amide bonds. The highest BCUT2D eigenvalue weighted by molar-refractivity contribution is 4.85. The van der Waals surface area contributed by atoms with Gasteiger partial charge in [-0.05, 0) is 37.8 Å². The Hall–Kier alpha value is -0.120. The van der Waals surface area contributed by atoms with Gasteiger partial charge in [-0.15, -0.1) is 0 Å². The minimum Gasteiger partial charge on any atom is -0.396 e. The molecule has 0 aromatic rings. The fourth-order valence-corrected chi connectivity index (χ4v) is 2.17. The minimum atomic E-state index is 0.230. The van der Waals surface area contributed by atoms with Gasteiger partial charge in [-0.1, -0.05) is 20.8 Å². The van der Waals surface area contributed by atoms with Crippen molar-refractivity contribution in [2.24, 2.45) is 5.41 Å². The van der Waals surface area contributed by atoms with Gasteiger partial charge in [-0.3, -0.25) is 0 Å². The van der Waals surface area contributed by atoms with Gasteiger partial charge in [0.15, 0.2) is 0 Å². The second kappa shape index (κ2) is 5.83. The second-order valence-corrected chi connectivity index (χ2v) is 5.62. The molecule has 0 bridgehead atoms. The molecule has 0 radical (unpaired) electrons. The standard InChI is InChI=1S/C12H26N2O/c1-12(2,3)11(6-9-15)14-10-4-7-13-8-5-10/h10-11,13-15H,4-9H2,1-3H3. The molecule has 1 heterocycles. The predicted molar refractivity (Wildman–Crippen MR) is 64.0 cm³/mol. The van der Waals surface area contributed by atoms with E-state index >= 15 is 0 Å². The lowest BCUT2D eigenvalue weighted by Crippen LogP contribution is -2.49. The summed E-state index contributed by atoms with van der Waals surface area (Å²) in [4.78, 5) is 0. The smallest absolute Gasteiger partial charge is 0.0446 e. The zero-order valence-electron chi connectivity index (χ0n) is 10.3. The van der Waals surface area contributed by atoms with E-state index in [-0.39, 0.29) is 12.0 Å². The Morgan fingerprint density at radius 3 is 2.40 bits per heavy atom. The molecular weight excluding hydrogens is 188 g/mol. The molecule has 1 aliphatic heterocycles. The van der Waals surface area contributed by atoms with Gasteiger partial charge in [0.05, 0.1) is 0 Å². The van der Waals surface area contributed by atoms with E-state index in [0.717, 1.165) is 19.5 Å². The molecule has 1 rings (SSSR count). The van der Waals surface area contributed by atoms with Crippen LogP contribution >= 0.6 is 0 Å². The first-order chi connectivity index (χ1) is 7.04. The molecule has 0 aromatic heterocycles. The van der Waals surface area contributed by atoms with Gasteiger partial charge in [-0.2, -0.15) is 0 Å². The summed E-state index contributed by atoms with van der Waals surface area (Å²) in [6.07, 6.45) is 3.27. The fraction of sp³-hybridized carbons (Fsp3) is 1.00. The second-order valence-electron chi connectivity index (χ2n) is 5.62. The SMILES string of the molecule is CC(C)(C)C(CCO)NC1CCNCC1. The molecule has 0 spiro atoms. The van der Waals surface area contributed by atoms with Crippen LogP contribution < -0.4 is 10.6 Å². The number of rotatable bonds is 4. The highest BCUT2D eigenvalue weighted by Crippen LogP contribution is 2.23. The third kappa shape index (κ3) is 4.49. The van der Waals surface area contributed by atoms with Crippen molar-refractivity contribution < 1.29 is 5.11 Å². The molecule has 15 heavy (non-hydrogen) atoms. The maximum Gasteiger partial charge on any atom is 0.0446 e. The van der Waals surface area contributed by atoms with E-state index in [2.05, 4.69) is 31.4 Å². The third-order valence-corrected chi connectivity index (χ3v) is 3.24. The summed E-state index contributed by atoms with van der Waals surface area (Å²) < 4.78 is 0. The first-order valence-corrected chi connectivity index (χ1v) is 6.11. The number of hydrogen-bond donors (Lipinski definition) is 3. The Kier molecular flexibility index (Phi) is 5.03. The Morgan fingerprint density at radius 1 is 1.33 bits per heavy atom. The molecule has 1 aliphatic rings. The molecule has 0 aromatic carbocycles. The lowest BCUT2D eigenvalue weighted by molar-refractivity contribution is 0.177. The molecule has 1 saturated heterocycles. The number of hydrogen-bond acceptors (Lipinski definition) is 3. The monoisotopic (exact) mass is 214 g/mol. The van der Waals surface area contributed by atoms with Crippen molar-refractivity contribution in [3.8, 4) is 0 Å². The van der Waals surface area contributed by atoms with E-state index in [9.17, 15) is 0 Å². The number of nitrogens with one attached hydrogen (secondary N) is 2. The van der Waals surface area contributed by atoms with Crippen LogP contribution in [-0.4, -0.2) is 36.9 Å². The highest BCUT2D eigenvalue weighted by Gasteiger charge is 2.26. The number of aliphatic hydroxyl groups excluding tert-OH is 1. The van der Waals surface area contributed by atoms with Crippen LogP contribution in [0.2, 0.25) is 0 Å². The summed E-state index contributed by atoms with van der Waals surface area (Å²) in [5.74, 6) is 0. The Balaban J connectivity index is 2.42.